The molecule has 9 heteroatoms. The standard InChI is InChI=1S/C27H33FN2O5Si/c1-35-20-6-7-21-17(14-20)9-10-30(27(34)18-11-16(12-18)13-24(31)32)25(21)26(33)29-19-5-8-23(22(28)15-19)36(2,3)4/h5-8,14-16,18,25H,9-13H2,1-4H3,(H,29,33)(H,31,32)/t16-,18-,25-/m1/s1. The number of hydrogen-bond acceptors (Lipinski definition) is 4. The highest BCUT2D eigenvalue weighted by Crippen LogP contribution is 2.41. The maximum Gasteiger partial charge on any atom is 0.303 e. The monoisotopic (exact) mass is 512 g/mol. The van der Waals surface area contributed by atoms with Crippen molar-refractivity contribution in [1.29, 1.82) is 0 Å². The molecule has 0 aromatic heterocycles. The molecule has 192 valence electrons. The Kier molecular flexibility index (Phi) is 7.22. The Balaban J connectivity index is 1.60. The lowest BCUT2D eigenvalue weighted by Crippen LogP contribution is -2.50. The van der Waals surface area contributed by atoms with Gasteiger partial charge in [-0.25, -0.2) is 4.39 Å². The summed E-state index contributed by atoms with van der Waals surface area (Å²) in [5.74, 6) is -1.39. The van der Waals surface area contributed by atoms with E-state index in [4.69, 9.17) is 9.84 Å². The van der Waals surface area contributed by atoms with Crippen molar-refractivity contribution in [3.63, 3.8) is 0 Å². The van der Waals surface area contributed by atoms with Crippen LogP contribution in [0, 0.1) is 17.7 Å². The van der Waals surface area contributed by atoms with E-state index < -0.39 is 26.0 Å². The number of amides is 2. The Morgan fingerprint density at radius 1 is 1.14 bits per heavy atom. The van der Waals surface area contributed by atoms with Gasteiger partial charge in [0.25, 0.3) is 5.91 Å². The first-order chi connectivity index (χ1) is 17.0. The Bertz CT molecular complexity index is 1190. The number of rotatable bonds is 7. The molecule has 2 N–H and O–H groups in total. The number of methoxy groups -OCH3 is 1. The highest BCUT2D eigenvalue weighted by Gasteiger charge is 2.43. The molecule has 1 aliphatic carbocycles. The lowest BCUT2D eigenvalue weighted by atomic mass is 9.72. The predicted molar refractivity (Wildman–Crippen MR) is 138 cm³/mol. The molecule has 0 radical (unpaired) electrons. The Morgan fingerprint density at radius 2 is 1.86 bits per heavy atom. The summed E-state index contributed by atoms with van der Waals surface area (Å²) in [5, 5.41) is 12.5. The number of nitrogens with zero attached hydrogens (tertiary/aromatic N) is 1. The zero-order valence-electron chi connectivity index (χ0n) is 21.1. The van der Waals surface area contributed by atoms with E-state index in [9.17, 15) is 18.8 Å². The zero-order chi connectivity index (χ0) is 26.2. The molecule has 1 aliphatic heterocycles. The molecule has 7 nitrogen and oxygen atoms in total. The normalized spacial score (nSPS) is 21.2. The molecule has 2 aliphatic rings. The second-order valence-corrected chi connectivity index (χ2v) is 15.9. The number of anilines is 1. The molecule has 2 amide bonds. The van der Waals surface area contributed by atoms with Crippen LogP contribution in [-0.4, -0.2) is 49.5 Å². The summed E-state index contributed by atoms with van der Waals surface area (Å²) in [4.78, 5) is 39.6. The summed E-state index contributed by atoms with van der Waals surface area (Å²) in [6, 6.07) is 9.37. The fourth-order valence-electron chi connectivity index (χ4n) is 5.25. The molecule has 0 unspecified atom stereocenters. The average Bonchev–Trinajstić information content (AvgIpc) is 2.78. The van der Waals surface area contributed by atoms with Crippen LogP contribution in [0.25, 0.3) is 0 Å². The fraction of sp³-hybridized carbons (Fsp3) is 0.444. The number of ether oxygens (including phenoxy) is 1. The van der Waals surface area contributed by atoms with E-state index in [1.54, 1.807) is 36.3 Å². The minimum atomic E-state index is -1.87. The molecule has 0 spiro atoms. The van der Waals surface area contributed by atoms with Crippen LogP contribution in [0.3, 0.4) is 0 Å². The van der Waals surface area contributed by atoms with Gasteiger partial charge in [0.1, 0.15) is 17.6 Å². The van der Waals surface area contributed by atoms with Crippen LogP contribution in [0.1, 0.15) is 36.4 Å². The van der Waals surface area contributed by atoms with E-state index in [0.29, 0.717) is 48.0 Å². The fourth-order valence-corrected chi connectivity index (χ4v) is 6.62. The highest BCUT2D eigenvalue weighted by atomic mass is 28.3. The van der Waals surface area contributed by atoms with Crippen LogP contribution in [0.5, 0.6) is 5.75 Å². The molecule has 36 heavy (non-hydrogen) atoms. The molecule has 1 fully saturated rings. The van der Waals surface area contributed by atoms with Crippen molar-refractivity contribution in [3.8, 4) is 5.75 Å². The smallest absolute Gasteiger partial charge is 0.303 e. The summed E-state index contributed by atoms with van der Waals surface area (Å²) in [6.45, 7) is 6.53. The van der Waals surface area contributed by atoms with Crippen LogP contribution < -0.4 is 15.2 Å². The number of hydrogen-bond donors (Lipinski definition) is 2. The average molecular weight is 513 g/mol. The summed E-state index contributed by atoms with van der Waals surface area (Å²) in [6.07, 6.45) is 1.64. The van der Waals surface area contributed by atoms with Crippen molar-refractivity contribution in [2.45, 2.75) is 51.4 Å². The minimum Gasteiger partial charge on any atom is -0.497 e. The summed E-state index contributed by atoms with van der Waals surface area (Å²) >= 11 is 0. The maximum absolute atomic E-state index is 14.8. The van der Waals surface area contributed by atoms with Crippen LogP contribution in [0.4, 0.5) is 10.1 Å². The van der Waals surface area contributed by atoms with E-state index in [2.05, 4.69) is 25.0 Å². The summed E-state index contributed by atoms with van der Waals surface area (Å²) < 4.78 is 20.2. The van der Waals surface area contributed by atoms with Gasteiger partial charge in [0.2, 0.25) is 5.91 Å². The third-order valence-electron chi connectivity index (χ3n) is 7.20. The lowest BCUT2D eigenvalue weighted by Gasteiger charge is -2.42. The molecular weight excluding hydrogens is 479 g/mol. The zero-order valence-corrected chi connectivity index (χ0v) is 22.1. The van der Waals surface area contributed by atoms with E-state index in [1.807, 2.05) is 6.07 Å². The summed E-state index contributed by atoms with van der Waals surface area (Å²) in [7, 11) is -0.294. The molecular formula is C27H33FN2O5Si. The minimum absolute atomic E-state index is 0.0158. The molecule has 2 aromatic carbocycles. The van der Waals surface area contributed by atoms with Gasteiger partial charge < -0.3 is 20.1 Å². The SMILES string of the molecule is COc1ccc2c(c1)CCN(C(=O)[C@H]1C[C@H](CC(=O)O)C1)[C@H]2C(=O)Nc1ccc([Si](C)(C)C)c(F)c1. The van der Waals surface area contributed by atoms with Crippen LogP contribution >= 0.6 is 0 Å². The first-order valence-corrected chi connectivity index (χ1v) is 15.8. The number of aliphatic carboxylic acids is 1. The molecule has 1 saturated carbocycles. The molecule has 4 rings (SSSR count). The quantitative estimate of drug-likeness (QED) is 0.548. The number of carboxylic acid groups (broad SMARTS) is 1. The Morgan fingerprint density at radius 3 is 2.47 bits per heavy atom. The van der Waals surface area contributed by atoms with Crippen LogP contribution in [0.2, 0.25) is 19.6 Å². The molecule has 1 atom stereocenters. The van der Waals surface area contributed by atoms with Crippen molar-refractivity contribution >= 4 is 36.7 Å². The predicted octanol–water partition coefficient (Wildman–Crippen LogP) is 3.94. The van der Waals surface area contributed by atoms with Gasteiger partial charge in [0.05, 0.1) is 15.2 Å². The third-order valence-corrected chi connectivity index (χ3v) is 9.22. The molecule has 2 aromatic rings. The van der Waals surface area contributed by atoms with Gasteiger partial charge in [0.15, 0.2) is 0 Å². The van der Waals surface area contributed by atoms with Gasteiger partial charge in [-0.15, -0.1) is 0 Å². The van der Waals surface area contributed by atoms with Gasteiger partial charge in [-0.1, -0.05) is 31.8 Å². The number of carbonyl (C=O) groups is 3. The van der Waals surface area contributed by atoms with E-state index in [0.717, 1.165) is 5.56 Å². The van der Waals surface area contributed by atoms with E-state index >= 15 is 0 Å². The number of nitrogens with one attached hydrogen (secondary N) is 1. The van der Waals surface area contributed by atoms with Gasteiger partial charge in [-0.05, 0) is 65.8 Å². The topological polar surface area (TPSA) is 95.9 Å². The van der Waals surface area contributed by atoms with Crippen LogP contribution in [0.15, 0.2) is 36.4 Å². The van der Waals surface area contributed by atoms with Crippen molar-refractivity contribution in [2.24, 2.45) is 11.8 Å². The van der Waals surface area contributed by atoms with Gasteiger partial charge in [-0.2, -0.15) is 0 Å². The molecule has 0 saturated heterocycles. The van der Waals surface area contributed by atoms with Crippen molar-refractivity contribution in [1.82, 2.24) is 4.90 Å². The highest BCUT2D eigenvalue weighted by molar-refractivity contribution is 6.88. The number of benzene rings is 2. The Hall–Kier alpha value is -3.20. The molecule has 0 bridgehead atoms. The van der Waals surface area contributed by atoms with Gasteiger partial charge in [0, 0.05) is 24.6 Å². The number of fused-ring (bicyclic) bond motifs is 1. The first-order valence-electron chi connectivity index (χ1n) is 12.3. The van der Waals surface area contributed by atoms with Gasteiger partial charge in [-0.3, -0.25) is 14.4 Å². The number of halogens is 1. The van der Waals surface area contributed by atoms with Crippen LogP contribution in [-0.2, 0) is 20.8 Å². The van der Waals surface area contributed by atoms with E-state index in [-0.39, 0.29) is 30.0 Å². The number of carboxylic acids is 1. The Labute approximate surface area is 211 Å². The lowest BCUT2D eigenvalue weighted by molar-refractivity contribution is -0.149. The second kappa shape index (κ2) is 10.0. The third kappa shape index (κ3) is 5.30. The van der Waals surface area contributed by atoms with E-state index in [1.165, 1.54) is 6.07 Å². The number of carbonyl (C=O) groups excluding carboxylic acids is 2. The van der Waals surface area contributed by atoms with Crippen molar-refractivity contribution < 1.29 is 28.6 Å². The van der Waals surface area contributed by atoms with Gasteiger partial charge >= 0.3 is 5.97 Å². The maximum atomic E-state index is 14.8. The first kappa shape index (κ1) is 25.9. The van der Waals surface area contributed by atoms with Crippen molar-refractivity contribution in [2.75, 3.05) is 19.0 Å². The second-order valence-electron chi connectivity index (χ2n) is 10.8. The molecule has 1 heterocycles. The summed E-state index contributed by atoms with van der Waals surface area (Å²) in [5.41, 5.74) is 1.99. The largest absolute Gasteiger partial charge is 0.497 e. The van der Waals surface area contributed by atoms with Crippen molar-refractivity contribution in [3.05, 3.63) is 53.3 Å².